The fourth-order valence-electron chi connectivity index (χ4n) is 14.5. The summed E-state index contributed by atoms with van der Waals surface area (Å²) < 4.78 is 35.3. The van der Waals surface area contributed by atoms with Crippen LogP contribution in [-0.2, 0) is 46.7 Å². The minimum absolute atomic E-state index is 0.0567. The lowest BCUT2D eigenvalue weighted by atomic mass is 9.95. The number of aliphatic hydroxyl groups is 1. The summed E-state index contributed by atoms with van der Waals surface area (Å²) in [6.07, 6.45) is 2.38. The van der Waals surface area contributed by atoms with Crippen LogP contribution in [0.4, 0.5) is 27.5 Å². The van der Waals surface area contributed by atoms with Crippen LogP contribution in [0.3, 0.4) is 0 Å². The lowest BCUT2D eigenvalue weighted by Crippen LogP contribution is -2.55. The second kappa shape index (κ2) is 32.1. The molecule has 566 valence electrons. The molecule has 1 saturated heterocycles. The van der Waals surface area contributed by atoms with Crippen LogP contribution in [0.25, 0.3) is 17.0 Å². The number of aliphatic hydroxyl groups excluding tert-OH is 1. The molecule has 7 aliphatic rings. The van der Waals surface area contributed by atoms with Crippen LogP contribution in [0.2, 0.25) is 0 Å². The van der Waals surface area contributed by atoms with Gasteiger partial charge >= 0.3 is 6.09 Å². The van der Waals surface area contributed by atoms with Gasteiger partial charge in [-0.15, -0.1) is 5.53 Å². The van der Waals surface area contributed by atoms with Gasteiger partial charge in [-0.25, -0.2) is 9.69 Å². The van der Waals surface area contributed by atoms with Gasteiger partial charge in [-0.2, -0.15) is 0 Å². The van der Waals surface area contributed by atoms with Crippen molar-refractivity contribution in [1.29, 1.82) is 0 Å². The van der Waals surface area contributed by atoms with Gasteiger partial charge in [-0.3, -0.25) is 43.4 Å². The average molecular weight is 1480 g/mol. The number of anilines is 4. The normalized spacial score (nSPS) is 18.2. The van der Waals surface area contributed by atoms with Gasteiger partial charge in [-0.1, -0.05) is 80.6 Å². The molecule has 13 rings (SSSR count). The summed E-state index contributed by atoms with van der Waals surface area (Å²) >= 11 is 0. The highest BCUT2D eigenvalue weighted by Gasteiger charge is 2.58. The van der Waals surface area contributed by atoms with E-state index < -0.39 is 79.0 Å². The standard InChI is InChI=1S/C79H89N13O16/c1-8-91-72-54-15-10-9-14-49(54)41-89(59-17-12-11-16-55(59)71(72)86-87-91)69(96)27-26-66(93)81-39-67(94)82-40-68(95)85-70(45(2)3)74(98)83-46(4)73(97)84-51-22-18-47(19-23-51)43-108-78(102)92-60-36-65(63(105-7)34-57(60)76(100)90-44-79(28-29-79)37-61(90)77(92)101)107-31-13-30-106-64-35-58-56(33-62(64)104-6)75(99)88-42-50(32-52(88)38-80-58)48-20-24-53(103-5)25-21-48/h9-12,14-25,33-36,42,45-46,52,61,70,77,80,86-87,101H,8,13,26-32,37-41,43-44H2,1-7H3,(H,81,93)(H,82,94)(H,83,98)(H,84,97)(H,85,95)/t46-,52-,61-,70-,77?/m0/s1. The summed E-state index contributed by atoms with van der Waals surface area (Å²) in [6.45, 7) is 7.73. The molecule has 0 bridgehead atoms. The number of hydrogen-bond donors (Lipinski definition) is 9. The third-order valence-corrected chi connectivity index (χ3v) is 20.6. The van der Waals surface area contributed by atoms with Crippen LogP contribution in [0.1, 0.15) is 121 Å². The van der Waals surface area contributed by atoms with Crippen molar-refractivity contribution >= 4 is 93.1 Å². The van der Waals surface area contributed by atoms with Gasteiger partial charge in [0, 0.05) is 74.0 Å². The predicted molar refractivity (Wildman–Crippen MR) is 400 cm³/mol. The maximum absolute atomic E-state index is 14.5. The van der Waals surface area contributed by atoms with Gasteiger partial charge in [0.1, 0.15) is 24.4 Å². The zero-order chi connectivity index (χ0) is 76.1. The van der Waals surface area contributed by atoms with E-state index in [2.05, 4.69) is 42.9 Å². The molecule has 1 spiro atoms. The van der Waals surface area contributed by atoms with Crippen molar-refractivity contribution in [2.45, 2.75) is 116 Å². The zero-order valence-corrected chi connectivity index (χ0v) is 61.2. The summed E-state index contributed by atoms with van der Waals surface area (Å²) in [6, 6.07) is 32.9. The smallest absolute Gasteiger partial charge is 0.416 e. The Labute approximate surface area is 624 Å². The topological polar surface area (TPSA) is 342 Å². The third-order valence-electron chi connectivity index (χ3n) is 20.6. The highest BCUT2D eigenvalue weighted by molar-refractivity contribution is 6.07. The number of nitrogens with one attached hydrogen (secondary N) is 8. The molecule has 9 N–H and O–H groups in total. The molecule has 108 heavy (non-hydrogen) atoms. The summed E-state index contributed by atoms with van der Waals surface area (Å²) in [7, 11) is 4.57. The van der Waals surface area contributed by atoms with E-state index in [1.165, 1.54) is 33.3 Å². The SMILES string of the molecule is CCN1NNC2=C1c1ccccc1CN(C(=O)CCC(=O)NCC(=O)NCC(=O)N[C@H](C(=O)N[C@@H](C)C(=O)Nc1ccc(COC(=O)N3c4cc(OCCCOc5cc6c(cc5OC)C(=O)N5C=C(c7ccc(OC)cc7)C[C@H]5CN6)c(OC)cc4C(=O)N4CC5(CC5)C[C@H]4C3O)cc1)C(C)C)c1ccccc12. The monoisotopic (exact) mass is 1480 g/mol. The van der Waals surface area contributed by atoms with E-state index in [1.54, 1.807) is 72.1 Å². The number of hydrazine groups is 2. The van der Waals surface area contributed by atoms with E-state index in [1.807, 2.05) is 90.9 Å². The number of rotatable bonds is 26. The number of para-hydroxylation sites is 1. The molecule has 29 nitrogen and oxygen atoms in total. The summed E-state index contributed by atoms with van der Waals surface area (Å²) in [5.41, 5.74) is 15.6. The van der Waals surface area contributed by atoms with Crippen LogP contribution in [0.15, 0.2) is 128 Å². The van der Waals surface area contributed by atoms with Crippen LogP contribution in [0, 0.1) is 11.3 Å². The molecule has 0 radical (unpaired) electrons. The van der Waals surface area contributed by atoms with Crippen molar-refractivity contribution in [3.8, 4) is 28.7 Å². The lowest BCUT2D eigenvalue weighted by Gasteiger charge is -2.31. The molecule has 9 amide bonds. The Morgan fingerprint density at radius 1 is 0.694 bits per heavy atom. The van der Waals surface area contributed by atoms with Crippen molar-refractivity contribution < 1.29 is 76.7 Å². The first kappa shape index (κ1) is 74.4. The molecular formula is C79H89N13O16. The Morgan fingerprint density at radius 3 is 2.08 bits per heavy atom. The largest absolute Gasteiger partial charge is 0.497 e. The first-order chi connectivity index (χ1) is 52.1. The van der Waals surface area contributed by atoms with Gasteiger partial charge in [0.05, 0.1) is 106 Å². The van der Waals surface area contributed by atoms with Crippen molar-refractivity contribution in [1.82, 2.24) is 47.0 Å². The maximum atomic E-state index is 14.5. The number of benzene rings is 6. The maximum Gasteiger partial charge on any atom is 0.416 e. The van der Waals surface area contributed by atoms with Crippen molar-refractivity contribution in [2.24, 2.45) is 11.3 Å². The number of nitrogens with zero attached hydrogens (tertiary/aromatic N) is 5. The molecule has 5 atom stereocenters. The molecule has 6 aliphatic heterocycles. The highest BCUT2D eigenvalue weighted by Crippen LogP contribution is 2.57. The molecule has 6 aromatic rings. The van der Waals surface area contributed by atoms with E-state index in [-0.39, 0.29) is 91.1 Å². The molecule has 1 saturated carbocycles. The van der Waals surface area contributed by atoms with Crippen molar-refractivity contribution in [3.05, 3.63) is 166 Å². The molecule has 0 aromatic heterocycles. The van der Waals surface area contributed by atoms with E-state index in [4.69, 9.17) is 28.4 Å². The summed E-state index contributed by atoms with van der Waals surface area (Å²) in [4.78, 5) is 129. The number of carbonyl (C=O) groups is 9. The molecule has 1 unspecified atom stereocenters. The predicted octanol–water partition coefficient (Wildman–Crippen LogP) is 7.03. The summed E-state index contributed by atoms with van der Waals surface area (Å²) in [5, 5.41) is 30.6. The van der Waals surface area contributed by atoms with Crippen molar-refractivity contribution in [3.63, 3.8) is 0 Å². The number of amides is 9. The minimum atomic E-state index is -1.50. The van der Waals surface area contributed by atoms with Gasteiger partial charge in [0.25, 0.3) is 11.8 Å². The Bertz CT molecular complexity index is 4560. The highest BCUT2D eigenvalue weighted by atomic mass is 16.6. The third kappa shape index (κ3) is 15.8. The van der Waals surface area contributed by atoms with Gasteiger partial charge in [-0.05, 0) is 116 Å². The molecular weight excluding hydrogens is 1390 g/mol. The van der Waals surface area contributed by atoms with Crippen LogP contribution in [0.5, 0.6) is 28.7 Å². The van der Waals surface area contributed by atoms with Crippen molar-refractivity contribution in [2.75, 3.05) is 87.7 Å². The van der Waals surface area contributed by atoms with E-state index in [0.29, 0.717) is 78.6 Å². The van der Waals surface area contributed by atoms with Gasteiger partial charge in [0.2, 0.25) is 35.4 Å². The second-order valence-corrected chi connectivity index (χ2v) is 28.1. The number of methoxy groups -OCH3 is 3. The molecule has 29 heteroatoms. The fraction of sp³-hybridized carbons (Fsp3) is 0.380. The van der Waals surface area contributed by atoms with Gasteiger partial charge in [0.15, 0.2) is 29.2 Å². The number of ether oxygens (including phenoxy) is 6. The van der Waals surface area contributed by atoms with E-state index in [0.717, 1.165) is 62.7 Å². The summed E-state index contributed by atoms with van der Waals surface area (Å²) in [5.74, 6) is -2.54. The number of fused-ring (bicyclic) bond motifs is 8. The fourth-order valence-corrected chi connectivity index (χ4v) is 14.5. The first-order valence-corrected chi connectivity index (χ1v) is 36.3. The van der Waals surface area contributed by atoms with E-state index in [9.17, 15) is 48.3 Å². The Balaban J connectivity index is 0.568. The minimum Gasteiger partial charge on any atom is -0.497 e. The molecule has 1 aliphatic carbocycles. The Hall–Kier alpha value is -11.9. The van der Waals surface area contributed by atoms with Gasteiger partial charge < -0.3 is 85.6 Å². The second-order valence-electron chi connectivity index (χ2n) is 28.1. The number of carbonyl (C=O) groups excluding carboxylic acids is 9. The zero-order valence-electron chi connectivity index (χ0n) is 61.2. The van der Waals surface area contributed by atoms with Crippen LogP contribution < -0.4 is 76.3 Å². The first-order valence-electron chi connectivity index (χ1n) is 36.3. The Kier molecular flexibility index (Phi) is 22.1. The lowest BCUT2D eigenvalue weighted by molar-refractivity contribution is -0.132. The van der Waals surface area contributed by atoms with Crippen LogP contribution >= 0.6 is 0 Å². The molecule has 2 fully saturated rings. The molecule has 6 heterocycles. The quantitative estimate of drug-likeness (QED) is 0.0246. The van der Waals surface area contributed by atoms with E-state index >= 15 is 0 Å². The van der Waals surface area contributed by atoms with Crippen LogP contribution in [-0.4, -0.2) is 171 Å². The average Bonchev–Trinajstić information content (AvgIpc) is 1.56. The number of hydrogen-bond acceptors (Lipinski definition) is 20. The molecule has 6 aromatic carbocycles. The Morgan fingerprint density at radius 2 is 1.38 bits per heavy atom.